The van der Waals surface area contributed by atoms with Gasteiger partial charge in [-0.2, -0.15) is 17.5 Å². The number of alkyl carbamates (subject to hydrolysis) is 1. The lowest BCUT2D eigenvalue weighted by atomic mass is 9.84. The zero-order valence-electron chi connectivity index (χ0n) is 28.8. The number of nitrogens with one attached hydrogen (secondary N) is 2. The largest absolute Gasteiger partial charge is 0.453 e. The molecule has 3 aromatic carbocycles. The molecule has 0 saturated heterocycles. The van der Waals surface area contributed by atoms with Gasteiger partial charge in [0.15, 0.2) is 6.04 Å². The number of hydrogen-bond donors (Lipinski definition) is 4. The van der Waals surface area contributed by atoms with Gasteiger partial charge >= 0.3 is 12.3 Å². The number of amides is 2. The average molecular weight is 895 g/mol. The van der Waals surface area contributed by atoms with Gasteiger partial charge in [0.1, 0.15) is 6.04 Å². The van der Waals surface area contributed by atoms with Crippen molar-refractivity contribution in [1.82, 2.24) is 14.9 Å². The van der Waals surface area contributed by atoms with Crippen LogP contribution in [0.2, 0.25) is 0 Å². The van der Waals surface area contributed by atoms with Gasteiger partial charge in [0.05, 0.1) is 24.7 Å². The number of rotatable bonds is 15. The van der Waals surface area contributed by atoms with Gasteiger partial charge < -0.3 is 26.2 Å². The molecular formula is C38H38F3IN4O6S2. The molecule has 3 atom stereocenters. The van der Waals surface area contributed by atoms with Crippen molar-refractivity contribution < 1.29 is 41.0 Å². The van der Waals surface area contributed by atoms with Crippen molar-refractivity contribution in [1.29, 1.82) is 0 Å². The van der Waals surface area contributed by atoms with E-state index in [0.29, 0.717) is 28.2 Å². The van der Waals surface area contributed by atoms with Gasteiger partial charge in [-0.15, -0.1) is 11.3 Å². The fourth-order valence-electron chi connectivity index (χ4n) is 5.91. The second kappa shape index (κ2) is 18.3. The first kappa shape index (κ1) is 40.8. The van der Waals surface area contributed by atoms with Crippen LogP contribution in [0.25, 0.3) is 0 Å². The van der Waals surface area contributed by atoms with Crippen LogP contribution in [0.1, 0.15) is 45.3 Å². The lowest BCUT2D eigenvalue weighted by Crippen LogP contribution is -2.52. The molecule has 5 N–H and O–H groups in total. The minimum atomic E-state index is -5.02. The highest BCUT2D eigenvalue weighted by atomic mass is 127. The lowest BCUT2D eigenvalue weighted by Gasteiger charge is -2.30. The van der Waals surface area contributed by atoms with Crippen molar-refractivity contribution in [2.45, 2.75) is 41.5 Å². The Labute approximate surface area is 325 Å². The van der Waals surface area contributed by atoms with E-state index in [1.54, 1.807) is 60.7 Å². The summed E-state index contributed by atoms with van der Waals surface area (Å²) >= 11 is 0.387. The van der Waals surface area contributed by atoms with Gasteiger partial charge in [-0.3, -0.25) is 4.79 Å². The molecule has 286 valence electrons. The zero-order chi connectivity index (χ0) is 38.9. The number of nitrogen functional groups attached to an aromatic ring is 1. The molecule has 0 spiro atoms. The maximum Gasteiger partial charge on any atom is 0.413 e. The molecule has 1 aliphatic heterocycles. The van der Waals surface area contributed by atoms with E-state index >= 15 is 0 Å². The summed E-state index contributed by atoms with van der Waals surface area (Å²) < 4.78 is 82.8. The maximum absolute atomic E-state index is 14.9. The van der Waals surface area contributed by atoms with Crippen LogP contribution < -0.4 is 16.4 Å². The van der Waals surface area contributed by atoms with Crippen LogP contribution in [-0.4, -0.2) is 66.3 Å². The number of anilines is 1. The molecule has 2 amide bonds. The quantitative estimate of drug-likeness (QED) is 0.0746. The van der Waals surface area contributed by atoms with Crippen molar-refractivity contribution >= 4 is 63.8 Å². The predicted molar refractivity (Wildman–Crippen MR) is 212 cm³/mol. The number of methoxy groups -OCH3 is 1. The number of allylic oxidation sites excluding steroid dienone is 2. The number of alkyl halides is 3. The first-order chi connectivity index (χ1) is 25.8. The highest BCUT2D eigenvalue weighted by Gasteiger charge is 2.45. The standard InChI is InChI=1S/C38H38F3IN4O6S2/c1-52-37(49)44-34(33(26-8-4-2-5-9-26)27-10-6-3-7-11-27)36(48)45-35(38(39,40)41)32-17-16-31(53-32)30(24-47)46(23-20-25-18-21-42-22-19-25)54(50,51)29-14-12-28(43)13-15-29/h2-19,21-22,30,33-35,47H,20,23-24,43H2,1H3,(H,44,49)(H,45,48)/t30-,34+,35-/m1/s1. The number of aliphatic hydroxyl groups excluding tert-OH is 1. The molecule has 0 unspecified atom stereocenters. The van der Waals surface area contributed by atoms with Crippen LogP contribution in [0.4, 0.5) is 23.7 Å². The Bertz CT molecular complexity index is 2050. The van der Waals surface area contributed by atoms with E-state index in [1.165, 1.54) is 30.3 Å². The van der Waals surface area contributed by atoms with Crippen molar-refractivity contribution in [2.24, 2.45) is 0 Å². The number of nitrogens with zero attached hydrogens (tertiary/aromatic N) is 1. The van der Waals surface area contributed by atoms with E-state index < -0.39 is 58.9 Å². The number of hydrogen-bond acceptors (Lipinski definition) is 8. The molecule has 1 aliphatic rings. The number of thiophene rings is 1. The molecule has 10 nitrogen and oxygen atoms in total. The molecular weight excluding hydrogens is 856 g/mol. The normalized spacial score (nSPS) is 14.8. The van der Waals surface area contributed by atoms with Gasteiger partial charge in [0, 0.05) is 27.9 Å². The van der Waals surface area contributed by atoms with Gasteiger partial charge in [-0.05, 0) is 67.6 Å². The predicted octanol–water partition coefficient (Wildman–Crippen LogP) is 6.95. The van der Waals surface area contributed by atoms with Crippen LogP contribution in [0.3, 0.4) is 0 Å². The Kier molecular flexibility index (Phi) is 13.8. The third kappa shape index (κ3) is 10.0. The van der Waals surface area contributed by atoms with E-state index in [9.17, 15) is 36.3 Å². The SMILES string of the molecule is COC(=O)N[C@H](C(=O)N[C@H](c1ccc([C@@H](CO)N(CCC2=CC=IC=C2)S(=O)(=O)c2ccc(N)cc2)s1)C(F)(F)F)C(c1ccccc1)c1ccccc1. The van der Waals surface area contributed by atoms with Crippen LogP contribution in [0, 0.1) is 0 Å². The smallest absolute Gasteiger partial charge is 0.413 e. The minimum Gasteiger partial charge on any atom is -0.453 e. The number of carbonyl (C=O) groups is 2. The van der Waals surface area contributed by atoms with Crippen LogP contribution >= 0.6 is 32.1 Å². The van der Waals surface area contributed by atoms with Crippen LogP contribution in [0.15, 0.2) is 124 Å². The highest BCUT2D eigenvalue weighted by Crippen LogP contribution is 2.40. The van der Waals surface area contributed by atoms with Gasteiger partial charge in [-0.1, -0.05) is 93.5 Å². The minimum absolute atomic E-state index is 0.0891. The Morgan fingerprint density at radius 2 is 1.54 bits per heavy atom. The fourth-order valence-corrected chi connectivity index (χ4v) is 10.3. The third-order valence-corrected chi connectivity index (χ3v) is 13.3. The summed E-state index contributed by atoms with van der Waals surface area (Å²) in [6, 6.07) is 19.7. The van der Waals surface area contributed by atoms with Crippen molar-refractivity contribution in [2.75, 3.05) is 26.0 Å². The maximum atomic E-state index is 14.9. The topological polar surface area (TPSA) is 151 Å². The lowest BCUT2D eigenvalue weighted by molar-refractivity contribution is -0.163. The number of aliphatic hydroxyl groups is 1. The molecule has 2 heterocycles. The Hall–Kier alpha value is -4.36. The molecule has 0 saturated carbocycles. The van der Waals surface area contributed by atoms with E-state index in [0.717, 1.165) is 23.1 Å². The van der Waals surface area contributed by atoms with E-state index in [1.807, 2.05) is 20.2 Å². The molecule has 5 rings (SSSR count). The number of carbonyl (C=O) groups excluding carboxylic acids is 2. The van der Waals surface area contributed by atoms with Crippen molar-refractivity contribution in [3.63, 3.8) is 0 Å². The van der Waals surface area contributed by atoms with E-state index in [-0.39, 0.29) is 48.3 Å². The van der Waals surface area contributed by atoms with Gasteiger partial charge in [0.25, 0.3) is 0 Å². The monoisotopic (exact) mass is 894 g/mol. The van der Waals surface area contributed by atoms with Crippen molar-refractivity contribution in [3.8, 4) is 0 Å². The molecule has 0 aliphatic carbocycles. The average Bonchev–Trinajstić information content (AvgIpc) is 3.65. The summed E-state index contributed by atoms with van der Waals surface area (Å²) in [6.45, 7) is -0.835. The number of sulfonamides is 1. The first-order valence-electron chi connectivity index (χ1n) is 16.5. The Balaban J connectivity index is 1.50. The van der Waals surface area contributed by atoms with Gasteiger partial charge in [-0.25, -0.2) is 13.2 Å². The van der Waals surface area contributed by atoms with Crippen molar-refractivity contribution in [3.05, 3.63) is 140 Å². The molecule has 0 bridgehead atoms. The Morgan fingerprint density at radius 3 is 2.07 bits per heavy atom. The Morgan fingerprint density at radius 1 is 0.926 bits per heavy atom. The number of nitrogens with two attached hydrogens (primary N) is 1. The molecule has 4 aromatic rings. The van der Waals surface area contributed by atoms with Crippen LogP contribution in [0.5, 0.6) is 0 Å². The fraction of sp³-hybridized carbons (Fsp3) is 0.237. The summed E-state index contributed by atoms with van der Waals surface area (Å²) in [5, 5.41) is 15.2. The summed E-state index contributed by atoms with van der Waals surface area (Å²) in [7, 11) is -3.22. The summed E-state index contributed by atoms with van der Waals surface area (Å²) in [5.41, 5.74) is 8.09. The third-order valence-electron chi connectivity index (χ3n) is 8.59. The first-order valence-corrected chi connectivity index (χ1v) is 21.3. The highest BCUT2D eigenvalue weighted by molar-refractivity contribution is 14.2. The van der Waals surface area contributed by atoms with E-state index in [2.05, 4.69) is 10.6 Å². The molecule has 54 heavy (non-hydrogen) atoms. The van der Waals surface area contributed by atoms with Gasteiger partial charge in [0.2, 0.25) is 15.9 Å². The number of benzene rings is 3. The molecule has 1 aromatic heterocycles. The molecule has 0 fully saturated rings. The second-order valence-corrected chi connectivity index (χ2v) is 17.3. The molecule has 16 heteroatoms. The molecule has 0 radical (unpaired) electrons. The number of halogens is 4. The van der Waals surface area contributed by atoms with Crippen LogP contribution in [-0.2, 0) is 19.6 Å². The number of ether oxygens (including phenoxy) is 1. The second-order valence-electron chi connectivity index (χ2n) is 12.1. The van der Waals surface area contributed by atoms with E-state index in [4.69, 9.17) is 10.5 Å². The summed E-state index contributed by atoms with van der Waals surface area (Å²) in [5.74, 6) is -2.06. The zero-order valence-corrected chi connectivity index (χ0v) is 32.6. The summed E-state index contributed by atoms with van der Waals surface area (Å²) in [4.78, 5) is 26.2. The summed E-state index contributed by atoms with van der Waals surface area (Å²) in [6.07, 6.45) is -1.94.